The summed E-state index contributed by atoms with van der Waals surface area (Å²) in [5.41, 5.74) is 13.0. The van der Waals surface area contributed by atoms with Crippen LogP contribution in [0.1, 0.15) is 13.8 Å². The van der Waals surface area contributed by atoms with Gasteiger partial charge in [0.2, 0.25) is 0 Å². The van der Waals surface area contributed by atoms with Crippen molar-refractivity contribution >= 4 is 23.5 Å². The predicted molar refractivity (Wildman–Crippen MR) is 68.1 cm³/mol. The van der Waals surface area contributed by atoms with E-state index in [4.69, 9.17) is 11.5 Å². The Balaban J connectivity index is 3.19. The maximum Gasteiger partial charge on any atom is 0.0462 e. The fourth-order valence-corrected chi connectivity index (χ4v) is 3.08. The van der Waals surface area contributed by atoms with Gasteiger partial charge in [-0.3, -0.25) is 0 Å². The van der Waals surface area contributed by atoms with Gasteiger partial charge in [0.15, 0.2) is 0 Å². The van der Waals surface area contributed by atoms with Gasteiger partial charge in [-0.25, -0.2) is 0 Å². The van der Waals surface area contributed by atoms with Crippen LogP contribution in [0.5, 0.6) is 0 Å². The Morgan fingerprint density at radius 2 is 1.86 bits per heavy atom. The van der Waals surface area contributed by atoms with E-state index in [-0.39, 0.29) is 11.5 Å². The smallest absolute Gasteiger partial charge is 0.0462 e. The Labute approximate surface area is 94.6 Å². The van der Waals surface area contributed by atoms with Crippen molar-refractivity contribution in [3.63, 3.8) is 0 Å². The first kappa shape index (κ1) is 12.0. The molecule has 0 heterocycles. The fraction of sp³-hybridized carbons (Fsp3) is 0.600. The molecule has 1 unspecified atom stereocenters. The molecule has 0 aliphatic heterocycles. The first-order valence-electron chi connectivity index (χ1n) is 4.50. The SMILES string of the molecule is CSC1=CC(SC)=C(N)C(C)(C)C1N. The van der Waals surface area contributed by atoms with Gasteiger partial charge in [0.05, 0.1) is 0 Å². The van der Waals surface area contributed by atoms with Gasteiger partial charge in [-0.1, -0.05) is 13.8 Å². The second-order valence-electron chi connectivity index (χ2n) is 3.93. The van der Waals surface area contributed by atoms with Crippen LogP contribution < -0.4 is 11.5 Å². The monoisotopic (exact) mass is 230 g/mol. The van der Waals surface area contributed by atoms with E-state index in [1.165, 1.54) is 4.91 Å². The molecule has 14 heavy (non-hydrogen) atoms. The lowest BCUT2D eigenvalue weighted by atomic mass is 9.78. The molecule has 1 aliphatic carbocycles. The summed E-state index contributed by atoms with van der Waals surface area (Å²) in [7, 11) is 0. The summed E-state index contributed by atoms with van der Waals surface area (Å²) in [6.45, 7) is 4.21. The van der Waals surface area contributed by atoms with Gasteiger partial charge in [0.1, 0.15) is 0 Å². The lowest BCUT2D eigenvalue weighted by Gasteiger charge is -2.37. The lowest BCUT2D eigenvalue weighted by Crippen LogP contribution is -2.44. The zero-order valence-corrected chi connectivity index (χ0v) is 10.8. The molecule has 80 valence electrons. The molecule has 2 nitrogen and oxygen atoms in total. The molecule has 0 aromatic carbocycles. The van der Waals surface area contributed by atoms with E-state index >= 15 is 0 Å². The van der Waals surface area contributed by atoms with E-state index in [9.17, 15) is 0 Å². The highest BCUT2D eigenvalue weighted by Crippen LogP contribution is 2.42. The maximum absolute atomic E-state index is 6.16. The molecule has 4 N–H and O–H groups in total. The molecule has 1 atom stereocenters. The normalized spacial score (nSPS) is 26.4. The highest BCUT2D eigenvalue weighted by Gasteiger charge is 2.36. The maximum atomic E-state index is 6.16. The number of rotatable bonds is 2. The lowest BCUT2D eigenvalue weighted by molar-refractivity contribution is 0.382. The Kier molecular flexibility index (Phi) is 3.61. The molecule has 0 aromatic heterocycles. The van der Waals surface area contributed by atoms with Crippen molar-refractivity contribution in [3.8, 4) is 0 Å². The summed E-state index contributed by atoms with van der Waals surface area (Å²) < 4.78 is 0. The van der Waals surface area contributed by atoms with Gasteiger partial charge in [-0.15, -0.1) is 23.5 Å². The average molecular weight is 230 g/mol. The molecular formula is C10H18N2S2. The summed E-state index contributed by atoms with van der Waals surface area (Å²) in [4.78, 5) is 2.37. The number of nitrogens with two attached hydrogens (primary N) is 2. The second-order valence-corrected chi connectivity index (χ2v) is 5.66. The van der Waals surface area contributed by atoms with Crippen LogP contribution in [0.15, 0.2) is 21.6 Å². The van der Waals surface area contributed by atoms with Gasteiger partial charge >= 0.3 is 0 Å². The molecule has 0 saturated heterocycles. The van der Waals surface area contributed by atoms with Crippen LogP contribution in [0.3, 0.4) is 0 Å². The van der Waals surface area contributed by atoms with Gasteiger partial charge in [0, 0.05) is 27.0 Å². The number of hydrogen-bond donors (Lipinski definition) is 2. The molecule has 0 amide bonds. The van der Waals surface area contributed by atoms with Crippen molar-refractivity contribution in [2.45, 2.75) is 19.9 Å². The average Bonchev–Trinajstić information content (AvgIpc) is 2.16. The van der Waals surface area contributed by atoms with Gasteiger partial charge in [0.25, 0.3) is 0 Å². The third kappa shape index (κ3) is 1.83. The van der Waals surface area contributed by atoms with E-state index in [2.05, 4.69) is 26.2 Å². The molecule has 0 fully saturated rings. The first-order chi connectivity index (χ1) is 6.45. The molecule has 0 aromatic rings. The van der Waals surface area contributed by atoms with Crippen molar-refractivity contribution in [1.29, 1.82) is 0 Å². The zero-order valence-electron chi connectivity index (χ0n) is 9.13. The van der Waals surface area contributed by atoms with Crippen LogP contribution in [-0.4, -0.2) is 18.6 Å². The van der Waals surface area contributed by atoms with Crippen LogP contribution in [0.25, 0.3) is 0 Å². The molecular weight excluding hydrogens is 212 g/mol. The van der Waals surface area contributed by atoms with Crippen molar-refractivity contribution in [2.75, 3.05) is 12.5 Å². The number of allylic oxidation sites excluding steroid dienone is 1. The molecule has 1 rings (SSSR count). The van der Waals surface area contributed by atoms with Crippen LogP contribution in [0.4, 0.5) is 0 Å². The highest BCUT2D eigenvalue weighted by atomic mass is 32.2. The van der Waals surface area contributed by atoms with E-state index in [0.29, 0.717) is 0 Å². The van der Waals surface area contributed by atoms with Gasteiger partial charge in [-0.2, -0.15) is 0 Å². The summed E-state index contributed by atoms with van der Waals surface area (Å²) in [5.74, 6) is 0. The zero-order chi connectivity index (χ0) is 10.9. The van der Waals surface area contributed by atoms with Crippen molar-refractivity contribution < 1.29 is 0 Å². The third-order valence-electron chi connectivity index (χ3n) is 2.77. The highest BCUT2D eigenvalue weighted by molar-refractivity contribution is 8.03. The minimum atomic E-state index is -0.133. The van der Waals surface area contributed by atoms with Crippen LogP contribution in [-0.2, 0) is 0 Å². The molecule has 0 bridgehead atoms. The van der Waals surface area contributed by atoms with Crippen LogP contribution >= 0.6 is 23.5 Å². The summed E-state index contributed by atoms with van der Waals surface area (Å²) in [5, 5.41) is 0. The largest absolute Gasteiger partial charge is 0.401 e. The molecule has 0 saturated carbocycles. The van der Waals surface area contributed by atoms with Crippen molar-refractivity contribution in [1.82, 2.24) is 0 Å². The number of thioether (sulfide) groups is 2. The van der Waals surface area contributed by atoms with Crippen molar-refractivity contribution in [3.05, 3.63) is 21.6 Å². The summed E-state index contributed by atoms with van der Waals surface area (Å²) >= 11 is 3.40. The van der Waals surface area contributed by atoms with E-state index in [1.54, 1.807) is 23.5 Å². The second kappa shape index (κ2) is 4.21. The van der Waals surface area contributed by atoms with Crippen LogP contribution in [0.2, 0.25) is 0 Å². The molecule has 4 heteroatoms. The predicted octanol–water partition coefficient (Wildman–Crippen LogP) is 2.13. The van der Waals surface area contributed by atoms with E-state index in [1.807, 2.05) is 6.26 Å². The number of hydrogen-bond acceptors (Lipinski definition) is 4. The quantitative estimate of drug-likeness (QED) is 0.763. The van der Waals surface area contributed by atoms with Crippen molar-refractivity contribution in [2.24, 2.45) is 16.9 Å². The molecule has 0 spiro atoms. The molecule has 1 aliphatic rings. The Bertz CT molecular complexity index is 292. The Morgan fingerprint density at radius 1 is 1.29 bits per heavy atom. The third-order valence-corrected chi connectivity index (χ3v) is 4.39. The van der Waals surface area contributed by atoms with Gasteiger partial charge < -0.3 is 11.5 Å². The Morgan fingerprint density at radius 3 is 2.29 bits per heavy atom. The topological polar surface area (TPSA) is 52.0 Å². The Hall–Kier alpha value is -0.0600. The van der Waals surface area contributed by atoms with Crippen LogP contribution in [0, 0.1) is 5.41 Å². The fourth-order valence-electron chi connectivity index (χ4n) is 1.49. The summed E-state index contributed by atoms with van der Waals surface area (Å²) in [6.07, 6.45) is 6.21. The minimum absolute atomic E-state index is 0.0217. The van der Waals surface area contributed by atoms with Gasteiger partial charge in [-0.05, 0) is 18.6 Å². The van der Waals surface area contributed by atoms with E-state index in [0.717, 1.165) is 10.6 Å². The van der Waals surface area contributed by atoms with E-state index < -0.39 is 0 Å². The minimum Gasteiger partial charge on any atom is -0.401 e. The molecule has 0 radical (unpaired) electrons. The first-order valence-corrected chi connectivity index (χ1v) is 6.95. The summed E-state index contributed by atoms with van der Waals surface area (Å²) in [6, 6.07) is 0.0217. The standard InChI is InChI=1S/C10H18N2S2/c1-10(2)8(11)6(13-3)5-7(14-4)9(10)12/h5,8H,11-12H2,1-4H3.